The van der Waals surface area contributed by atoms with Gasteiger partial charge in [-0.25, -0.2) is 14.4 Å². The van der Waals surface area contributed by atoms with E-state index in [2.05, 4.69) is 10.6 Å². The Bertz CT molecular complexity index is 2680. The van der Waals surface area contributed by atoms with Gasteiger partial charge in [0.1, 0.15) is 34.5 Å². The SMILES string of the molecule is COC(=O)c1ccccc1NC(=O)Cc1ccc(Oc2ccc(OCC(=O)N3CCCCC3)cc2)cc1.COC(=O)c1ccccc1NC(=O)Cc1ccc(Oc2ccc(OCC(=O)O)cc2)cc1. The molecule has 1 fully saturated rings. The van der Waals surface area contributed by atoms with Gasteiger partial charge in [0.25, 0.3) is 5.91 Å². The minimum atomic E-state index is -1.05. The van der Waals surface area contributed by atoms with Crippen molar-refractivity contribution in [2.75, 3.05) is 51.2 Å². The Morgan fingerprint density at radius 2 is 0.841 bits per heavy atom. The van der Waals surface area contributed by atoms with Crippen LogP contribution in [0.25, 0.3) is 0 Å². The van der Waals surface area contributed by atoms with E-state index in [1.807, 2.05) is 17.0 Å². The highest BCUT2D eigenvalue weighted by Gasteiger charge is 2.18. The number of nitrogens with one attached hydrogen (secondary N) is 2. The number of anilines is 2. The molecule has 1 heterocycles. The molecule has 16 heteroatoms. The monoisotopic (exact) mass is 937 g/mol. The largest absolute Gasteiger partial charge is 0.484 e. The Morgan fingerprint density at radius 3 is 1.23 bits per heavy atom. The fourth-order valence-corrected chi connectivity index (χ4v) is 6.88. The minimum absolute atomic E-state index is 0.0153. The second kappa shape index (κ2) is 25.3. The van der Waals surface area contributed by atoms with Crippen molar-refractivity contribution in [2.24, 2.45) is 0 Å². The molecular formula is C53H51N3O13. The first-order valence-electron chi connectivity index (χ1n) is 21.9. The molecule has 0 unspecified atom stereocenters. The topological polar surface area (TPSA) is 205 Å². The molecule has 0 atom stereocenters. The van der Waals surface area contributed by atoms with Gasteiger partial charge in [0.05, 0.1) is 49.6 Å². The first-order chi connectivity index (χ1) is 33.5. The maximum absolute atomic E-state index is 12.5. The highest BCUT2D eigenvalue weighted by molar-refractivity contribution is 6.02. The molecule has 0 spiro atoms. The first-order valence-corrected chi connectivity index (χ1v) is 21.9. The van der Waals surface area contributed by atoms with Gasteiger partial charge in [-0.1, -0.05) is 48.5 Å². The van der Waals surface area contributed by atoms with Gasteiger partial charge in [-0.15, -0.1) is 0 Å². The summed E-state index contributed by atoms with van der Waals surface area (Å²) in [6.45, 7) is 1.23. The Balaban J connectivity index is 0.000000229. The molecule has 69 heavy (non-hydrogen) atoms. The van der Waals surface area contributed by atoms with Gasteiger partial charge in [0.2, 0.25) is 11.8 Å². The molecule has 0 aromatic heterocycles. The summed E-state index contributed by atoms with van der Waals surface area (Å²) >= 11 is 0. The van der Waals surface area contributed by atoms with Gasteiger partial charge >= 0.3 is 17.9 Å². The van der Waals surface area contributed by atoms with Crippen LogP contribution >= 0.6 is 0 Å². The van der Waals surface area contributed by atoms with E-state index in [1.54, 1.807) is 133 Å². The van der Waals surface area contributed by atoms with Crippen LogP contribution in [0.3, 0.4) is 0 Å². The minimum Gasteiger partial charge on any atom is -0.484 e. The van der Waals surface area contributed by atoms with Crippen molar-refractivity contribution in [3.8, 4) is 34.5 Å². The lowest BCUT2D eigenvalue weighted by Crippen LogP contribution is -2.38. The molecule has 6 aromatic rings. The van der Waals surface area contributed by atoms with Crippen LogP contribution in [0.15, 0.2) is 146 Å². The summed E-state index contributed by atoms with van der Waals surface area (Å²) in [5.74, 6) is 0.810. The number of para-hydroxylation sites is 2. The number of carboxylic acid groups (broad SMARTS) is 1. The van der Waals surface area contributed by atoms with E-state index in [9.17, 15) is 28.8 Å². The van der Waals surface area contributed by atoms with Gasteiger partial charge in [-0.05, 0) is 127 Å². The van der Waals surface area contributed by atoms with E-state index in [0.29, 0.717) is 51.4 Å². The number of benzene rings is 6. The maximum atomic E-state index is 12.5. The van der Waals surface area contributed by atoms with Crippen LogP contribution < -0.4 is 29.6 Å². The standard InChI is InChI=1S/C29H30N2O6.C24H21NO7/c1-35-29(34)25-7-3-4-8-26(25)30-27(32)19-21-9-11-23(12-10-21)37-24-15-13-22(14-16-24)36-20-28(33)31-17-5-2-6-18-31;1-30-24(29)20-4-2-3-5-21(20)25-22(26)14-16-6-8-18(9-7-16)32-19-12-10-17(11-13-19)31-15-23(27)28/h3-4,7-16H,2,5-6,17-20H2,1H3,(H,30,32);2-13H,14-15H2,1H3,(H,25,26)(H,27,28). The normalized spacial score (nSPS) is 11.7. The lowest BCUT2D eigenvalue weighted by Gasteiger charge is -2.26. The molecule has 0 saturated carbocycles. The predicted molar refractivity (Wildman–Crippen MR) is 255 cm³/mol. The molecule has 1 aliphatic heterocycles. The van der Waals surface area contributed by atoms with Crippen LogP contribution in [0.2, 0.25) is 0 Å². The van der Waals surface area contributed by atoms with Crippen LogP contribution in [0, 0.1) is 0 Å². The second-order valence-corrected chi connectivity index (χ2v) is 15.4. The maximum Gasteiger partial charge on any atom is 0.341 e. The van der Waals surface area contributed by atoms with Gasteiger partial charge < -0.3 is 49.1 Å². The number of likely N-dealkylation sites (tertiary alicyclic amines) is 1. The molecule has 0 bridgehead atoms. The van der Waals surface area contributed by atoms with Crippen molar-refractivity contribution in [3.63, 3.8) is 0 Å². The molecule has 6 aromatic carbocycles. The van der Waals surface area contributed by atoms with E-state index in [1.165, 1.54) is 20.6 Å². The van der Waals surface area contributed by atoms with Crippen molar-refractivity contribution >= 4 is 47.0 Å². The van der Waals surface area contributed by atoms with Crippen molar-refractivity contribution in [2.45, 2.75) is 32.1 Å². The smallest absolute Gasteiger partial charge is 0.341 e. The van der Waals surface area contributed by atoms with Crippen molar-refractivity contribution in [1.29, 1.82) is 0 Å². The summed E-state index contributed by atoms with van der Waals surface area (Å²) in [6.07, 6.45) is 3.54. The Labute approximate surface area is 398 Å². The number of carbonyl (C=O) groups is 6. The summed E-state index contributed by atoms with van der Waals surface area (Å²) in [4.78, 5) is 73.3. The molecule has 7 rings (SSSR count). The molecule has 3 N–H and O–H groups in total. The van der Waals surface area contributed by atoms with E-state index >= 15 is 0 Å². The number of ether oxygens (including phenoxy) is 6. The number of hydrogen-bond donors (Lipinski definition) is 3. The van der Waals surface area contributed by atoms with Crippen LogP contribution in [-0.2, 0) is 41.5 Å². The fraction of sp³-hybridized carbons (Fsp3) is 0.208. The second-order valence-electron chi connectivity index (χ2n) is 15.4. The summed E-state index contributed by atoms with van der Waals surface area (Å²) < 4.78 is 31.8. The lowest BCUT2D eigenvalue weighted by atomic mass is 10.1. The summed E-state index contributed by atoms with van der Waals surface area (Å²) in [5, 5.41) is 14.1. The lowest BCUT2D eigenvalue weighted by molar-refractivity contribution is -0.139. The summed E-state index contributed by atoms with van der Waals surface area (Å²) in [6, 6.07) is 41.2. The van der Waals surface area contributed by atoms with Gasteiger partial charge in [-0.3, -0.25) is 14.4 Å². The molecule has 3 amide bonds. The third-order valence-corrected chi connectivity index (χ3v) is 10.3. The zero-order valence-electron chi connectivity index (χ0n) is 38.0. The molecule has 1 saturated heterocycles. The number of methoxy groups -OCH3 is 2. The third kappa shape index (κ3) is 15.7. The number of rotatable bonds is 18. The molecule has 356 valence electrons. The highest BCUT2D eigenvalue weighted by Crippen LogP contribution is 2.27. The number of carboxylic acids is 1. The van der Waals surface area contributed by atoms with Crippen molar-refractivity contribution in [3.05, 3.63) is 168 Å². The van der Waals surface area contributed by atoms with Crippen LogP contribution in [0.5, 0.6) is 34.5 Å². The fourth-order valence-electron chi connectivity index (χ4n) is 6.88. The molecule has 0 aliphatic carbocycles. The van der Waals surface area contributed by atoms with Gasteiger partial charge in [0, 0.05) is 13.1 Å². The molecule has 0 radical (unpaired) electrons. The number of aliphatic carboxylic acids is 1. The van der Waals surface area contributed by atoms with Gasteiger partial charge in [-0.2, -0.15) is 0 Å². The van der Waals surface area contributed by atoms with E-state index in [-0.39, 0.29) is 42.7 Å². The molecular weight excluding hydrogens is 887 g/mol. The van der Waals surface area contributed by atoms with Gasteiger partial charge in [0.15, 0.2) is 13.2 Å². The number of amides is 3. The van der Waals surface area contributed by atoms with E-state index < -0.39 is 24.5 Å². The Kier molecular flexibility index (Phi) is 18.3. The average molecular weight is 938 g/mol. The van der Waals surface area contributed by atoms with E-state index in [0.717, 1.165) is 37.1 Å². The van der Waals surface area contributed by atoms with Crippen molar-refractivity contribution < 1.29 is 62.3 Å². The van der Waals surface area contributed by atoms with E-state index in [4.69, 9.17) is 33.5 Å². The van der Waals surface area contributed by atoms with Crippen LogP contribution in [0.4, 0.5) is 11.4 Å². The zero-order valence-corrected chi connectivity index (χ0v) is 38.0. The number of esters is 2. The van der Waals surface area contributed by atoms with Crippen molar-refractivity contribution in [1.82, 2.24) is 4.90 Å². The first kappa shape index (κ1) is 49.8. The highest BCUT2D eigenvalue weighted by atomic mass is 16.5. The number of piperidine rings is 1. The Morgan fingerprint density at radius 1 is 0.478 bits per heavy atom. The molecule has 16 nitrogen and oxygen atoms in total. The predicted octanol–water partition coefficient (Wildman–Crippen LogP) is 8.75. The summed E-state index contributed by atoms with van der Waals surface area (Å²) in [7, 11) is 2.58. The van der Waals surface area contributed by atoms with Crippen LogP contribution in [-0.4, -0.2) is 86.2 Å². The number of hydrogen-bond acceptors (Lipinski definition) is 12. The van der Waals surface area contributed by atoms with Crippen LogP contribution in [0.1, 0.15) is 51.1 Å². The zero-order chi connectivity index (χ0) is 49.0. The Hall–Kier alpha value is -8.66. The third-order valence-electron chi connectivity index (χ3n) is 10.3. The quantitative estimate of drug-likeness (QED) is 0.0691. The number of carbonyl (C=O) groups excluding carboxylic acids is 5. The average Bonchev–Trinajstić information content (AvgIpc) is 3.37. The molecule has 1 aliphatic rings. The number of nitrogens with zero attached hydrogens (tertiary/aromatic N) is 1. The summed E-state index contributed by atoms with van der Waals surface area (Å²) in [5.41, 5.74) is 2.94.